The highest BCUT2D eigenvalue weighted by atomic mass is 32.2. The van der Waals surface area contributed by atoms with Crippen LogP contribution in [0.25, 0.3) is 0 Å². The van der Waals surface area contributed by atoms with Gasteiger partial charge in [0.2, 0.25) is 0 Å². The lowest BCUT2D eigenvalue weighted by Gasteiger charge is -2.33. The minimum atomic E-state index is -3.23. The van der Waals surface area contributed by atoms with E-state index in [2.05, 4.69) is 5.43 Å². The zero-order valence-electron chi connectivity index (χ0n) is 11.6. The van der Waals surface area contributed by atoms with Crippen molar-refractivity contribution < 1.29 is 8.42 Å². The van der Waals surface area contributed by atoms with Crippen LogP contribution in [0.5, 0.6) is 0 Å². The summed E-state index contributed by atoms with van der Waals surface area (Å²) >= 11 is 0. The van der Waals surface area contributed by atoms with E-state index in [1.807, 2.05) is 32.0 Å². The average Bonchev–Trinajstić information content (AvgIpc) is 2.22. The molecule has 102 valence electrons. The molecule has 0 aliphatic carbocycles. The molecule has 0 saturated heterocycles. The van der Waals surface area contributed by atoms with Gasteiger partial charge in [0.25, 0.3) is 0 Å². The van der Waals surface area contributed by atoms with E-state index in [9.17, 15) is 8.42 Å². The lowest BCUT2D eigenvalue weighted by molar-refractivity contribution is 0.426. The third-order valence-electron chi connectivity index (χ3n) is 3.56. The van der Waals surface area contributed by atoms with Gasteiger partial charge in [0.1, 0.15) is 0 Å². The molecule has 1 aromatic carbocycles. The summed E-state index contributed by atoms with van der Waals surface area (Å²) in [5.74, 6) is 5.59. The van der Waals surface area contributed by atoms with Gasteiger partial charge in [-0.2, -0.15) is 0 Å². The summed E-state index contributed by atoms with van der Waals surface area (Å²) < 4.78 is 22.9. The molecule has 1 atom stereocenters. The molecule has 4 nitrogen and oxygen atoms in total. The summed E-state index contributed by atoms with van der Waals surface area (Å²) in [4.78, 5) is 0. The predicted molar refractivity (Wildman–Crippen MR) is 74.9 cm³/mol. The molecular formula is C13H22N2O2S. The lowest BCUT2D eigenvalue weighted by Crippen LogP contribution is -2.47. The third-order valence-corrected chi connectivity index (χ3v) is 5.71. The first-order chi connectivity index (χ1) is 8.11. The van der Waals surface area contributed by atoms with E-state index in [1.54, 1.807) is 13.8 Å². The quantitative estimate of drug-likeness (QED) is 0.644. The zero-order valence-corrected chi connectivity index (χ0v) is 12.4. The largest absolute Gasteiger partial charge is 0.271 e. The Kier molecular flexibility index (Phi) is 4.20. The van der Waals surface area contributed by atoms with Gasteiger partial charge in [0, 0.05) is 6.26 Å². The smallest absolute Gasteiger partial charge is 0.154 e. The van der Waals surface area contributed by atoms with Crippen molar-refractivity contribution >= 4 is 9.84 Å². The number of hydrazine groups is 1. The van der Waals surface area contributed by atoms with Gasteiger partial charge in [-0.1, -0.05) is 23.8 Å². The number of aryl methyl sites for hydroxylation is 2. The number of rotatable bonds is 4. The van der Waals surface area contributed by atoms with E-state index in [0.717, 1.165) is 16.7 Å². The van der Waals surface area contributed by atoms with E-state index in [-0.39, 0.29) is 0 Å². The van der Waals surface area contributed by atoms with Crippen molar-refractivity contribution in [3.05, 3.63) is 34.9 Å². The Morgan fingerprint density at radius 3 is 2.28 bits per heavy atom. The third kappa shape index (κ3) is 2.74. The zero-order chi connectivity index (χ0) is 14.1. The lowest BCUT2D eigenvalue weighted by atomic mass is 9.91. The van der Waals surface area contributed by atoms with Crippen LogP contribution in [0.1, 0.15) is 36.6 Å². The van der Waals surface area contributed by atoms with Crippen LogP contribution in [0.3, 0.4) is 0 Å². The number of sulfone groups is 1. The van der Waals surface area contributed by atoms with Gasteiger partial charge in [-0.15, -0.1) is 0 Å². The highest BCUT2D eigenvalue weighted by Crippen LogP contribution is 2.33. The fraction of sp³-hybridized carbons (Fsp3) is 0.538. The Balaban J connectivity index is 3.39. The van der Waals surface area contributed by atoms with Gasteiger partial charge in [-0.25, -0.2) is 8.42 Å². The van der Waals surface area contributed by atoms with E-state index >= 15 is 0 Å². The number of hydrogen-bond donors (Lipinski definition) is 2. The van der Waals surface area contributed by atoms with Crippen LogP contribution in [0.15, 0.2) is 18.2 Å². The van der Waals surface area contributed by atoms with Crippen LogP contribution in [-0.2, 0) is 9.84 Å². The van der Waals surface area contributed by atoms with Crippen molar-refractivity contribution in [2.24, 2.45) is 5.84 Å². The second-order valence-corrected chi connectivity index (χ2v) is 7.93. The van der Waals surface area contributed by atoms with Crippen molar-refractivity contribution in [3.63, 3.8) is 0 Å². The highest BCUT2D eigenvalue weighted by molar-refractivity contribution is 7.92. The van der Waals surface area contributed by atoms with Crippen LogP contribution in [-0.4, -0.2) is 19.4 Å². The maximum atomic E-state index is 11.9. The number of benzene rings is 1. The summed E-state index contributed by atoms with van der Waals surface area (Å²) in [6.45, 7) is 7.31. The Morgan fingerprint density at radius 1 is 1.28 bits per heavy atom. The molecule has 5 heteroatoms. The molecule has 1 unspecified atom stereocenters. The first-order valence-corrected chi connectivity index (χ1v) is 7.73. The SMILES string of the molecule is Cc1ccc(C)c(C(NN)C(C)(C)S(C)(=O)=O)c1. The fourth-order valence-electron chi connectivity index (χ4n) is 1.95. The van der Waals surface area contributed by atoms with E-state index in [1.165, 1.54) is 6.26 Å². The molecule has 0 amide bonds. The molecule has 0 bridgehead atoms. The maximum absolute atomic E-state index is 11.9. The summed E-state index contributed by atoms with van der Waals surface area (Å²) in [7, 11) is -3.23. The number of nitrogens with two attached hydrogens (primary N) is 1. The fourth-order valence-corrected chi connectivity index (χ4v) is 2.57. The van der Waals surface area contributed by atoms with E-state index < -0.39 is 20.6 Å². The van der Waals surface area contributed by atoms with Crippen molar-refractivity contribution in [2.45, 2.75) is 38.5 Å². The molecular weight excluding hydrogens is 248 g/mol. The monoisotopic (exact) mass is 270 g/mol. The highest BCUT2D eigenvalue weighted by Gasteiger charge is 2.40. The first-order valence-electron chi connectivity index (χ1n) is 5.84. The Labute approximate surface area is 109 Å². The summed E-state index contributed by atoms with van der Waals surface area (Å²) in [6, 6.07) is 5.52. The van der Waals surface area contributed by atoms with Gasteiger partial charge < -0.3 is 0 Å². The van der Waals surface area contributed by atoms with Crippen LogP contribution in [0, 0.1) is 13.8 Å². The normalized spacial score (nSPS) is 14.6. The summed E-state index contributed by atoms with van der Waals surface area (Å²) in [5.41, 5.74) is 5.69. The molecule has 3 N–H and O–H groups in total. The first kappa shape index (κ1) is 15.1. The Hall–Kier alpha value is -0.910. The van der Waals surface area contributed by atoms with Gasteiger partial charge in [-0.3, -0.25) is 11.3 Å². The van der Waals surface area contributed by atoms with Crippen LogP contribution >= 0.6 is 0 Å². The Bertz CT molecular complexity index is 536. The molecule has 0 spiro atoms. The summed E-state index contributed by atoms with van der Waals surface area (Å²) in [6.07, 6.45) is 1.24. The Morgan fingerprint density at radius 2 is 1.83 bits per heavy atom. The molecule has 0 heterocycles. The minimum Gasteiger partial charge on any atom is -0.271 e. The molecule has 1 rings (SSSR count). The average molecular weight is 270 g/mol. The summed E-state index contributed by atoms with van der Waals surface area (Å²) in [5, 5.41) is 0. The van der Waals surface area contributed by atoms with Gasteiger partial charge in [-0.05, 0) is 38.8 Å². The number of nitrogens with one attached hydrogen (secondary N) is 1. The van der Waals surface area contributed by atoms with Crippen molar-refractivity contribution in [2.75, 3.05) is 6.26 Å². The van der Waals surface area contributed by atoms with Gasteiger partial charge >= 0.3 is 0 Å². The molecule has 0 saturated carbocycles. The standard InChI is InChI=1S/C13H22N2O2S/c1-9-6-7-10(2)11(8-9)12(15-14)13(3,4)18(5,16)17/h6-8,12,15H,14H2,1-5H3. The van der Waals surface area contributed by atoms with E-state index in [0.29, 0.717) is 0 Å². The van der Waals surface area contributed by atoms with Crippen molar-refractivity contribution in [1.82, 2.24) is 5.43 Å². The van der Waals surface area contributed by atoms with E-state index in [4.69, 9.17) is 5.84 Å². The second-order valence-electron chi connectivity index (χ2n) is 5.34. The molecule has 0 aromatic heterocycles. The van der Waals surface area contributed by atoms with Crippen LogP contribution < -0.4 is 11.3 Å². The maximum Gasteiger partial charge on any atom is 0.154 e. The molecule has 18 heavy (non-hydrogen) atoms. The topological polar surface area (TPSA) is 72.2 Å². The molecule has 0 radical (unpaired) electrons. The van der Waals surface area contributed by atoms with Crippen LogP contribution in [0.2, 0.25) is 0 Å². The molecule has 0 aliphatic rings. The van der Waals surface area contributed by atoms with Crippen LogP contribution in [0.4, 0.5) is 0 Å². The second kappa shape index (κ2) is 4.99. The van der Waals surface area contributed by atoms with Gasteiger partial charge in [0.15, 0.2) is 9.84 Å². The molecule has 0 fully saturated rings. The van der Waals surface area contributed by atoms with Crippen molar-refractivity contribution in [3.8, 4) is 0 Å². The van der Waals surface area contributed by atoms with Crippen molar-refractivity contribution in [1.29, 1.82) is 0 Å². The molecule has 1 aromatic rings. The molecule has 0 aliphatic heterocycles. The predicted octanol–water partition coefficient (Wildman–Crippen LogP) is 1.63. The minimum absolute atomic E-state index is 0.438. The number of hydrogen-bond acceptors (Lipinski definition) is 4. The van der Waals surface area contributed by atoms with Gasteiger partial charge in [0.05, 0.1) is 10.8 Å².